The van der Waals surface area contributed by atoms with Crippen molar-refractivity contribution in [2.45, 2.75) is 5.92 Å². The van der Waals surface area contributed by atoms with Gasteiger partial charge in [0.1, 0.15) is 11.5 Å². The summed E-state index contributed by atoms with van der Waals surface area (Å²) in [5, 5.41) is 11.5. The van der Waals surface area contributed by atoms with E-state index in [2.05, 4.69) is 13.2 Å². The second-order valence-electron chi connectivity index (χ2n) is 4.51. The molecule has 1 heterocycles. The average molecular weight is 252 g/mol. The summed E-state index contributed by atoms with van der Waals surface area (Å²) >= 11 is 0. The Morgan fingerprint density at radius 3 is 2.74 bits per heavy atom. The van der Waals surface area contributed by atoms with Crippen LogP contribution in [0.5, 0.6) is 11.5 Å². The van der Waals surface area contributed by atoms with E-state index in [4.69, 9.17) is 4.74 Å². The fourth-order valence-corrected chi connectivity index (χ4v) is 2.45. The molecule has 2 aromatic rings. The predicted molar refractivity (Wildman–Crippen MR) is 73.3 cm³/mol. The van der Waals surface area contributed by atoms with Crippen LogP contribution in [0.25, 0.3) is 10.8 Å². The van der Waals surface area contributed by atoms with Crippen molar-refractivity contribution in [3.05, 3.63) is 60.7 Å². The van der Waals surface area contributed by atoms with Gasteiger partial charge in [-0.15, -0.1) is 6.58 Å². The van der Waals surface area contributed by atoms with E-state index in [9.17, 15) is 9.90 Å². The highest BCUT2D eigenvalue weighted by Gasteiger charge is 2.30. The minimum atomic E-state index is -0.433. The zero-order chi connectivity index (χ0) is 13.6. The fourth-order valence-electron chi connectivity index (χ4n) is 2.45. The predicted octanol–water partition coefficient (Wildman–Crippen LogP) is 3.29. The Hall–Kier alpha value is -2.55. The van der Waals surface area contributed by atoms with Crippen molar-refractivity contribution < 1.29 is 14.6 Å². The molecule has 0 aliphatic carbocycles. The molecule has 0 saturated carbocycles. The number of phenols is 1. The normalized spacial score (nSPS) is 18.0. The van der Waals surface area contributed by atoms with Crippen LogP contribution in [0, 0.1) is 0 Å². The highest BCUT2D eigenvalue weighted by Crippen LogP contribution is 2.42. The van der Waals surface area contributed by atoms with E-state index in [1.165, 1.54) is 0 Å². The summed E-state index contributed by atoms with van der Waals surface area (Å²) in [6.07, 6.45) is 1.67. The van der Waals surface area contributed by atoms with Gasteiger partial charge < -0.3 is 9.84 Å². The van der Waals surface area contributed by atoms with Crippen LogP contribution in [-0.4, -0.2) is 11.1 Å². The molecule has 0 saturated heterocycles. The molecule has 1 aliphatic rings. The number of carbonyl (C=O) groups excluding carboxylic acids is 1. The number of allylic oxidation sites excluding steroid dienone is 1. The van der Waals surface area contributed by atoms with Gasteiger partial charge in [0.25, 0.3) is 0 Å². The second kappa shape index (κ2) is 3.99. The van der Waals surface area contributed by atoms with E-state index in [1.54, 1.807) is 24.3 Å². The molecule has 0 amide bonds. The van der Waals surface area contributed by atoms with Crippen LogP contribution in [0.3, 0.4) is 0 Å². The Labute approximate surface area is 110 Å². The van der Waals surface area contributed by atoms with Gasteiger partial charge in [-0.1, -0.05) is 24.8 Å². The molecule has 0 radical (unpaired) electrons. The first-order valence-corrected chi connectivity index (χ1v) is 5.91. The summed E-state index contributed by atoms with van der Waals surface area (Å²) < 4.78 is 5.26. The molecule has 3 heteroatoms. The number of aromatic hydroxyl groups is 1. The lowest BCUT2D eigenvalue weighted by Crippen LogP contribution is -2.22. The Kier molecular flexibility index (Phi) is 2.42. The first-order chi connectivity index (χ1) is 9.11. The second-order valence-corrected chi connectivity index (χ2v) is 4.51. The van der Waals surface area contributed by atoms with Crippen LogP contribution in [0.15, 0.2) is 55.1 Å². The third-order valence-corrected chi connectivity index (χ3v) is 3.39. The smallest absolute Gasteiger partial charge is 0.339 e. The molecule has 0 aromatic heterocycles. The van der Waals surface area contributed by atoms with Crippen molar-refractivity contribution in [3.63, 3.8) is 0 Å². The molecule has 2 aromatic carbocycles. The lowest BCUT2D eigenvalue weighted by Gasteiger charge is -2.25. The number of hydrogen-bond donors (Lipinski definition) is 1. The van der Waals surface area contributed by atoms with Gasteiger partial charge >= 0.3 is 5.97 Å². The number of hydrogen-bond acceptors (Lipinski definition) is 3. The summed E-state index contributed by atoms with van der Waals surface area (Å²) in [5.74, 6) is -0.0507. The van der Waals surface area contributed by atoms with Crippen LogP contribution in [0.1, 0.15) is 11.5 Å². The molecular formula is C16H12O3. The Balaban J connectivity index is 2.39. The molecule has 3 nitrogen and oxygen atoms in total. The maximum Gasteiger partial charge on any atom is 0.339 e. The van der Waals surface area contributed by atoms with E-state index in [0.717, 1.165) is 16.3 Å². The Bertz CT molecular complexity index is 728. The van der Waals surface area contributed by atoms with Gasteiger partial charge in [0, 0.05) is 17.1 Å². The summed E-state index contributed by atoms with van der Waals surface area (Å²) in [4.78, 5) is 11.7. The Morgan fingerprint density at radius 1 is 1.26 bits per heavy atom. The first-order valence-electron chi connectivity index (χ1n) is 5.91. The third kappa shape index (κ3) is 1.63. The van der Waals surface area contributed by atoms with Gasteiger partial charge in [0.2, 0.25) is 0 Å². The van der Waals surface area contributed by atoms with Crippen molar-refractivity contribution >= 4 is 16.7 Å². The molecule has 0 bridgehead atoms. The van der Waals surface area contributed by atoms with Crippen molar-refractivity contribution in [1.82, 2.24) is 0 Å². The molecule has 1 atom stereocenters. The van der Waals surface area contributed by atoms with Gasteiger partial charge in [-0.2, -0.15) is 0 Å². The molecule has 1 aliphatic heterocycles. The number of carbonyl (C=O) groups is 1. The van der Waals surface area contributed by atoms with E-state index >= 15 is 0 Å². The van der Waals surface area contributed by atoms with Gasteiger partial charge in [-0.05, 0) is 29.0 Å². The number of ether oxygens (including phenoxy) is 1. The maximum absolute atomic E-state index is 11.7. The van der Waals surface area contributed by atoms with E-state index in [-0.39, 0.29) is 11.7 Å². The zero-order valence-corrected chi connectivity index (χ0v) is 10.2. The summed E-state index contributed by atoms with van der Waals surface area (Å²) in [5.41, 5.74) is 1.19. The largest absolute Gasteiger partial charge is 0.508 e. The summed E-state index contributed by atoms with van der Waals surface area (Å²) in [6, 6.07) is 8.73. The average Bonchev–Trinajstić information content (AvgIpc) is 2.40. The standard InChI is InChI=1S/C16H12O3/c1-3-12-9(2)16(18)19-14-7-5-10-4-6-11(17)8-13(10)15(12)14/h3-8,12,17H,1-2H2. The molecule has 94 valence electrons. The molecule has 3 rings (SSSR count). The molecule has 0 fully saturated rings. The highest BCUT2D eigenvalue weighted by atomic mass is 16.5. The third-order valence-electron chi connectivity index (χ3n) is 3.39. The monoisotopic (exact) mass is 252 g/mol. The topological polar surface area (TPSA) is 46.5 Å². The number of fused-ring (bicyclic) bond motifs is 3. The summed E-state index contributed by atoms with van der Waals surface area (Å²) in [7, 11) is 0. The van der Waals surface area contributed by atoms with Crippen LogP contribution in [0.4, 0.5) is 0 Å². The lowest BCUT2D eigenvalue weighted by molar-refractivity contribution is -0.131. The van der Waals surface area contributed by atoms with Crippen LogP contribution in [0.2, 0.25) is 0 Å². The van der Waals surface area contributed by atoms with Crippen LogP contribution < -0.4 is 4.74 Å². The molecule has 19 heavy (non-hydrogen) atoms. The number of esters is 1. The molecule has 1 unspecified atom stereocenters. The van der Waals surface area contributed by atoms with Crippen molar-refractivity contribution in [1.29, 1.82) is 0 Å². The lowest BCUT2D eigenvalue weighted by atomic mass is 9.86. The number of phenolic OH excluding ortho intramolecular Hbond substituents is 1. The van der Waals surface area contributed by atoms with Crippen molar-refractivity contribution in [3.8, 4) is 11.5 Å². The zero-order valence-electron chi connectivity index (χ0n) is 10.2. The van der Waals surface area contributed by atoms with Gasteiger partial charge in [0.05, 0.1) is 0 Å². The molecular weight excluding hydrogens is 240 g/mol. The quantitative estimate of drug-likeness (QED) is 0.366. The van der Waals surface area contributed by atoms with E-state index < -0.39 is 5.97 Å². The number of rotatable bonds is 1. The SMILES string of the molecule is C=CC1C(=C)C(=O)Oc2ccc3ccc(O)cc3c21. The van der Waals surface area contributed by atoms with Crippen LogP contribution >= 0.6 is 0 Å². The fraction of sp³-hybridized carbons (Fsp3) is 0.0625. The minimum absolute atomic E-state index is 0.172. The first kappa shape index (κ1) is 11.5. The van der Waals surface area contributed by atoms with Crippen molar-refractivity contribution in [2.75, 3.05) is 0 Å². The molecule has 1 N–H and O–H groups in total. The van der Waals surface area contributed by atoms with E-state index in [1.807, 2.05) is 12.1 Å². The minimum Gasteiger partial charge on any atom is -0.508 e. The summed E-state index contributed by atoms with van der Waals surface area (Å²) in [6.45, 7) is 7.53. The number of benzene rings is 2. The van der Waals surface area contributed by atoms with Gasteiger partial charge in [0.15, 0.2) is 0 Å². The maximum atomic E-state index is 11.7. The highest BCUT2D eigenvalue weighted by molar-refractivity contribution is 5.99. The van der Waals surface area contributed by atoms with Gasteiger partial charge in [-0.3, -0.25) is 0 Å². The van der Waals surface area contributed by atoms with E-state index in [0.29, 0.717) is 11.3 Å². The van der Waals surface area contributed by atoms with Crippen molar-refractivity contribution in [2.24, 2.45) is 0 Å². The Morgan fingerprint density at radius 2 is 2.00 bits per heavy atom. The van der Waals surface area contributed by atoms with Gasteiger partial charge in [-0.25, -0.2) is 4.79 Å². The molecule has 0 spiro atoms. The van der Waals surface area contributed by atoms with Crippen LogP contribution in [-0.2, 0) is 4.79 Å².